The van der Waals surface area contributed by atoms with Crippen LogP contribution < -0.4 is 0 Å². The minimum Gasteiger partial charge on any atom is -0.297 e. The van der Waals surface area contributed by atoms with Crippen molar-refractivity contribution in [2.75, 3.05) is 0 Å². The zero-order valence-electron chi connectivity index (χ0n) is 18.0. The Labute approximate surface area is 171 Å². The Balaban J connectivity index is 2.72. The van der Waals surface area contributed by atoms with E-state index in [4.69, 9.17) is 0 Å². The third kappa shape index (κ3) is 5.20. The van der Waals surface area contributed by atoms with Crippen LogP contribution in [-0.4, -0.2) is 22.3 Å². The lowest BCUT2D eigenvalue weighted by Gasteiger charge is -2.28. The quantitative estimate of drug-likeness (QED) is 0.581. The highest BCUT2D eigenvalue weighted by Crippen LogP contribution is 2.38. The molecule has 3 nitrogen and oxygen atoms in total. The van der Waals surface area contributed by atoms with Crippen LogP contribution >= 0.6 is 0 Å². The zero-order valence-corrected chi connectivity index (χ0v) is 19.9. The van der Waals surface area contributed by atoms with E-state index in [-0.39, 0.29) is 10.7 Å². The Morgan fingerprint density at radius 1 is 0.964 bits per heavy atom. The van der Waals surface area contributed by atoms with E-state index in [0.29, 0.717) is 5.56 Å². The van der Waals surface area contributed by atoms with Gasteiger partial charge in [-0.25, -0.2) is 8.42 Å². The largest absolute Gasteiger partial charge is 0.297 e. The van der Waals surface area contributed by atoms with Gasteiger partial charge in [-0.05, 0) is 36.2 Å². The number of rotatable bonds is 6. The number of carbonyl (C=O) groups is 1. The highest BCUT2D eigenvalue weighted by molar-refractivity contribution is 7.92. The zero-order chi connectivity index (χ0) is 21.3. The minimum absolute atomic E-state index is 0.198. The topological polar surface area (TPSA) is 51.2 Å². The van der Waals surface area contributed by atoms with Crippen molar-refractivity contribution in [2.45, 2.75) is 63.5 Å². The van der Waals surface area contributed by atoms with Gasteiger partial charge < -0.3 is 0 Å². The SMILES string of the molecule is Cc1ccc(S(=O)(=O)C(C(=O)C(C)(C)C)c2ccccc2C[Si](C)(C)C)cc1. The summed E-state index contributed by atoms with van der Waals surface area (Å²) >= 11 is 0. The van der Waals surface area contributed by atoms with Crippen molar-refractivity contribution in [1.29, 1.82) is 0 Å². The van der Waals surface area contributed by atoms with E-state index in [1.807, 2.05) is 31.2 Å². The average molecular weight is 417 g/mol. The molecule has 1 atom stereocenters. The number of hydrogen-bond acceptors (Lipinski definition) is 3. The van der Waals surface area contributed by atoms with Crippen LogP contribution in [0.5, 0.6) is 0 Å². The van der Waals surface area contributed by atoms with Gasteiger partial charge in [0.15, 0.2) is 15.6 Å². The molecule has 0 aliphatic carbocycles. The van der Waals surface area contributed by atoms with Crippen molar-refractivity contribution in [3.63, 3.8) is 0 Å². The van der Waals surface area contributed by atoms with Crippen molar-refractivity contribution in [3.8, 4) is 0 Å². The van der Waals surface area contributed by atoms with E-state index in [9.17, 15) is 13.2 Å². The Morgan fingerprint density at radius 3 is 2.00 bits per heavy atom. The maximum Gasteiger partial charge on any atom is 0.192 e. The molecule has 28 heavy (non-hydrogen) atoms. The predicted molar refractivity (Wildman–Crippen MR) is 119 cm³/mol. The fourth-order valence-electron chi connectivity index (χ4n) is 3.23. The molecule has 0 aliphatic heterocycles. The second-order valence-electron chi connectivity index (χ2n) is 9.79. The Bertz CT molecular complexity index is 947. The van der Waals surface area contributed by atoms with Crippen molar-refractivity contribution >= 4 is 23.7 Å². The van der Waals surface area contributed by atoms with Crippen LogP contribution in [0, 0.1) is 12.3 Å². The van der Waals surface area contributed by atoms with Gasteiger partial charge in [0, 0.05) is 13.5 Å². The number of sulfone groups is 1. The third-order valence-corrected chi connectivity index (χ3v) is 8.15. The first kappa shape index (κ1) is 22.6. The van der Waals surface area contributed by atoms with E-state index in [1.165, 1.54) is 0 Å². The molecule has 5 heteroatoms. The predicted octanol–water partition coefficient (Wildman–Crippen LogP) is 5.55. The van der Waals surface area contributed by atoms with Gasteiger partial charge in [0.05, 0.1) is 4.90 Å². The van der Waals surface area contributed by atoms with E-state index < -0.39 is 28.6 Å². The molecular weight excluding hydrogens is 384 g/mol. The fourth-order valence-corrected chi connectivity index (χ4v) is 6.68. The maximum atomic E-state index is 13.6. The number of ketones is 1. The smallest absolute Gasteiger partial charge is 0.192 e. The molecule has 152 valence electrons. The van der Waals surface area contributed by atoms with Crippen LogP contribution in [0.1, 0.15) is 42.7 Å². The number of carbonyl (C=O) groups excluding carboxylic acids is 1. The van der Waals surface area contributed by atoms with Gasteiger partial charge in [0.2, 0.25) is 0 Å². The van der Waals surface area contributed by atoms with Gasteiger partial charge in [-0.2, -0.15) is 0 Å². The summed E-state index contributed by atoms with van der Waals surface area (Å²) < 4.78 is 27.3. The van der Waals surface area contributed by atoms with E-state index in [0.717, 1.165) is 17.2 Å². The minimum atomic E-state index is -3.87. The second-order valence-corrected chi connectivity index (χ2v) is 17.3. The summed E-state index contributed by atoms with van der Waals surface area (Å²) in [6.07, 6.45) is 0. The highest BCUT2D eigenvalue weighted by atomic mass is 32.2. The highest BCUT2D eigenvalue weighted by Gasteiger charge is 2.41. The maximum absolute atomic E-state index is 13.6. The van der Waals surface area contributed by atoms with E-state index in [1.54, 1.807) is 45.0 Å². The molecular formula is C23H32O3SSi. The molecule has 0 saturated carbocycles. The molecule has 2 aromatic rings. The monoisotopic (exact) mass is 416 g/mol. The van der Waals surface area contributed by atoms with Crippen LogP contribution in [-0.2, 0) is 20.7 Å². The van der Waals surface area contributed by atoms with Crippen LogP contribution in [0.4, 0.5) is 0 Å². The van der Waals surface area contributed by atoms with Crippen molar-refractivity contribution < 1.29 is 13.2 Å². The fraction of sp³-hybridized carbons (Fsp3) is 0.435. The average Bonchev–Trinajstić information content (AvgIpc) is 2.54. The molecule has 0 amide bonds. The molecule has 0 saturated heterocycles. The van der Waals surface area contributed by atoms with Gasteiger partial charge in [0.1, 0.15) is 5.25 Å². The molecule has 0 radical (unpaired) electrons. The molecule has 0 fully saturated rings. The summed E-state index contributed by atoms with van der Waals surface area (Å²) in [4.78, 5) is 13.6. The van der Waals surface area contributed by atoms with Crippen molar-refractivity contribution in [1.82, 2.24) is 0 Å². The second kappa shape index (κ2) is 7.95. The van der Waals surface area contributed by atoms with E-state index in [2.05, 4.69) is 19.6 Å². The molecule has 0 aliphatic rings. The normalized spacial score (nSPS) is 14.0. The van der Waals surface area contributed by atoms with Gasteiger partial charge in [-0.3, -0.25) is 4.79 Å². The number of benzene rings is 2. The first-order valence-corrected chi connectivity index (χ1v) is 14.9. The molecule has 0 N–H and O–H groups in total. The summed E-state index contributed by atoms with van der Waals surface area (Å²) in [6.45, 7) is 14.0. The molecule has 2 rings (SSSR count). The summed E-state index contributed by atoms with van der Waals surface area (Å²) in [6, 6.07) is 15.1. The lowest BCUT2D eigenvalue weighted by atomic mass is 9.86. The molecule has 0 aromatic heterocycles. The molecule has 1 unspecified atom stereocenters. The standard InChI is InChI=1S/C23H32O3SSi/c1-17-12-14-19(15-13-17)27(25,26)21(22(24)23(2,3)4)20-11-9-8-10-18(20)16-28(5,6)7/h8-15,21H,16H2,1-7H3. The first-order valence-electron chi connectivity index (χ1n) is 9.66. The lowest BCUT2D eigenvalue weighted by Crippen LogP contribution is -2.34. The first-order chi connectivity index (χ1) is 12.7. The van der Waals surface area contributed by atoms with Crippen LogP contribution in [0.25, 0.3) is 0 Å². The summed E-state index contributed by atoms with van der Waals surface area (Å²) in [5.74, 6) is -0.267. The molecule has 2 aromatic carbocycles. The lowest BCUT2D eigenvalue weighted by molar-refractivity contribution is -0.126. The van der Waals surface area contributed by atoms with Crippen molar-refractivity contribution in [2.24, 2.45) is 5.41 Å². The third-order valence-electron chi connectivity index (χ3n) is 4.70. The van der Waals surface area contributed by atoms with Gasteiger partial charge >= 0.3 is 0 Å². The van der Waals surface area contributed by atoms with Crippen LogP contribution in [0.3, 0.4) is 0 Å². The van der Waals surface area contributed by atoms with Gasteiger partial charge in [0.25, 0.3) is 0 Å². The summed E-state index contributed by atoms with van der Waals surface area (Å²) in [7, 11) is -5.37. The van der Waals surface area contributed by atoms with Crippen LogP contribution in [0.15, 0.2) is 53.4 Å². The number of aryl methyl sites for hydroxylation is 1. The summed E-state index contributed by atoms with van der Waals surface area (Å²) in [5, 5.41) is -1.19. The molecule has 0 spiro atoms. The Hall–Kier alpha value is -1.72. The number of Topliss-reactive ketones (excluding diaryl/α,β-unsaturated/α-hetero) is 1. The van der Waals surface area contributed by atoms with Crippen LogP contribution in [0.2, 0.25) is 19.6 Å². The number of hydrogen-bond donors (Lipinski definition) is 0. The van der Waals surface area contributed by atoms with Gasteiger partial charge in [-0.15, -0.1) is 0 Å². The Kier molecular flexibility index (Phi) is 6.41. The van der Waals surface area contributed by atoms with E-state index >= 15 is 0 Å². The van der Waals surface area contributed by atoms with Gasteiger partial charge in [-0.1, -0.05) is 82.4 Å². The molecule has 0 bridgehead atoms. The molecule has 0 heterocycles. The van der Waals surface area contributed by atoms with Crippen molar-refractivity contribution in [3.05, 3.63) is 65.2 Å². The Morgan fingerprint density at radius 2 is 1.50 bits per heavy atom. The summed E-state index contributed by atoms with van der Waals surface area (Å²) in [5.41, 5.74) is 1.82.